The second-order valence-corrected chi connectivity index (χ2v) is 15.9. The van der Waals surface area contributed by atoms with Crippen LogP contribution in [0.4, 0.5) is 0 Å². The topological polar surface area (TPSA) is 134 Å². The van der Waals surface area contributed by atoms with Crippen LogP contribution in [0.2, 0.25) is 0 Å². The molecule has 1 amide bonds. The Kier molecular flexibility index (Phi) is 10.7. The molecule has 1 aromatic carbocycles. The second kappa shape index (κ2) is 14.8. The molecule has 4 fully saturated rings. The molecule has 4 saturated carbocycles. The maximum Gasteiger partial charge on any atom is 0.251 e. The fraction of sp³-hybridized carbons (Fsp3) is 0.561. The summed E-state index contributed by atoms with van der Waals surface area (Å²) < 4.78 is 2.20. The highest BCUT2D eigenvalue weighted by Crippen LogP contribution is 2.66. The van der Waals surface area contributed by atoms with Gasteiger partial charge in [0.2, 0.25) is 5.91 Å². The van der Waals surface area contributed by atoms with Gasteiger partial charge in [0.15, 0.2) is 0 Å². The van der Waals surface area contributed by atoms with Crippen LogP contribution in [0.15, 0.2) is 47.2 Å². The number of carbonyl (C=O) groups is 1. The SMILES string of the molecule is CCN(CCNNCCC12CC3CC(CC1C3)C2)/C(N)=C/C=C(\C)c1cc(C(N)=O)c2c(CCc3c(C)cc(C)[nH]c3=O)cn(C(C)C)c2c1. The van der Waals surface area contributed by atoms with E-state index < -0.39 is 5.91 Å². The van der Waals surface area contributed by atoms with Gasteiger partial charge in [-0.2, -0.15) is 0 Å². The van der Waals surface area contributed by atoms with Crippen molar-refractivity contribution < 1.29 is 4.79 Å². The van der Waals surface area contributed by atoms with Crippen LogP contribution in [0.5, 0.6) is 0 Å². The Labute approximate surface area is 297 Å². The minimum atomic E-state index is -0.465. The summed E-state index contributed by atoms with van der Waals surface area (Å²) in [7, 11) is 0. The van der Waals surface area contributed by atoms with Crippen molar-refractivity contribution in [2.75, 3.05) is 26.2 Å². The predicted molar refractivity (Wildman–Crippen MR) is 205 cm³/mol. The summed E-state index contributed by atoms with van der Waals surface area (Å²) in [6.45, 7) is 15.7. The molecular weight excluding hydrogens is 622 g/mol. The molecule has 270 valence electrons. The number of aromatic amines is 1. The van der Waals surface area contributed by atoms with Crippen LogP contribution < -0.4 is 27.9 Å². The molecule has 2 heterocycles. The van der Waals surface area contributed by atoms with Gasteiger partial charge in [-0.15, -0.1) is 0 Å². The summed E-state index contributed by atoms with van der Waals surface area (Å²) in [6.07, 6.45) is 16.0. The zero-order valence-corrected chi connectivity index (χ0v) is 31.1. The van der Waals surface area contributed by atoms with Gasteiger partial charge in [0.1, 0.15) is 0 Å². The van der Waals surface area contributed by atoms with Crippen LogP contribution in [0.3, 0.4) is 0 Å². The first kappa shape index (κ1) is 36.0. The van der Waals surface area contributed by atoms with E-state index in [0.717, 1.165) is 88.4 Å². The highest BCUT2D eigenvalue weighted by Gasteiger charge is 2.56. The van der Waals surface area contributed by atoms with Gasteiger partial charge in [-0.25, -0.2) is 0 Å². The summed E-state index contributed by atoms with van der Waals surface area (Å²) in [6, 6.07) is 6.21. The molecule has 2 unspecified atom stereocenters. The lowest BCUT2D eigenvalue weighted by molar-refractivity contribution is 0.100. The van der Waals surface area contributed by atoms with Crippen molar-refractivity contribution in [2.45, 2.75) is 99.0 Å². The Morgan fingerprint density at radius 2 is 1.78 bits per heavy atom. The summed E-state index contributed by atoms with van der Waals surface area (Å²) in [5.74, 6) is 3.25. The number of rotatable bonds is 16. The van der Waals surface area contributed by atoms with E-state index in [-0.39, 0.29) is 11.6 Å². The molecule has 3 aromatic rings. The smallest absolute Gasteiger partial charge is 0.251 e. The molecule has 7 N–H and O–H groups in total. The third-order valence-electron chi connectivity index (χ3n) is 12.2. The quantitative estimate of drug-likeness (QED) is 0.0690. The first-order chi connectivity index (χ1) is 23.9. The molecule has 9 heteroatoms. The van der Waals surface area contributed by atoms with Crippen LogP contribution in [0.1, 0.15) is 111 Å². The lowest BCUT2D eigenvalue weighted by atomic mass is 9.73. The summed E-state index contributed by atoms with van der Waals surface area (Å²) in [5, 5.41) is 0.861. The van der Waals surface area contributed by atoms with E-state index in [9.17, 15) is 9.59 Å². The highest BCUT2D eigenvalue weighted by molar-refractivity contribution is 6.08. The molecule has 2 aromatic heterocycles. The number of likely N-dealkylation sites (N-methyl/N-ethyl adjacent to an activating group) is 1. The van der Waals surface area contributed by atoms with E-state index >= 15 is 0 Å². The molecule has 50 heavy (non-hydrogen) atoms. The van der Waals surface area contributed by atoms with Gasteiger partial charge in [-0.1, -0.05) is 6.08 Å². The molecule has 2 atom stereocenters. The van der Waals surface area contributed by atoms with Gasteiger partial charge in [0, 0.05) is 66.1 Å². The fourth-order valence-corrected chi connectivity index (χ4v) is 9.89. The second-order valence-electron chi connectivity index (χ2n) is 15.9. The molecule has 0 saturated heterocycles. The van der Waals surface area contributed by atoms with Gasteiger partial charge < -0.3 is 25.9 Å². The van der Waals surface area contributed by atoms with E-state index in [1.54, 1.807) is 0 Å². The Bertz CT molecular complexity index is 1830. The molecule has 0 aliphatic heterocycles. The van der Waals surface area contributed by atoms with Crippen LogP contribution in [-0.2, 0) is 12.8 Å². The number of H-pyrrole nitrogens is 1. The number of hydrogen-bond donors (Lipinski definition) is 5. The molecular formula is C41H59N7O2. The molecule has 0 radical (unpaired) electrons. The molecule has 4 aliphatic carbocycles. The number of nitrogens with two attached hydrogens (primary N) is 2. The lowest BCUT2D eigenvalue weighted by Crippen LogP contribution is -2.41. The van der Waals surface area contributed by atoms with Gasteiger partial charge in [0.05, 0.1) is 5.82 Å². The molecule has 7 rings (SSSR count). The number of fused-ring (bicyclic) bond motifs is 1. The van der Waals surface area contributed by atoms with Gasteiger partial charge in [-0.05, 0) is 163 Å². The van der Waals surface area contributed by atoms with E-state index in [0.29, 0.717) is 29.6 Å². The monoisotopic (exact) mass is 681 g/mol. The van der Waals surface area contributed by atoms with Crippen molar-refractivity contribution >= 4 is 22.4 Å². The number of aryl methyl sites for hydroxylation is 3. The number of allylic oxidation sites excluding steroid dienone is 3. The number of pyridine rings is 1. The average Bonchev–Trinajstić information content (AvgIpc) is 3.64. The van der Waals surface area contributed by atoms with Crippen molar-refractivity contribution in [2.24, 2.45) is 34.6 Å². The Hall–Kier alpha value is -3.82. The lowest BCUT2D eigenvalue weighted by Gasteiger charge is -2.33. The number of amides is 1. The highest BCUT2D eigenvalue weighted by atomic mass is 16.1. The third kappa shape index (κ3) is 7.31. The first-order valence-electron chi connectivity index (χ1n) is 18.9. The minimum absolute atomic E-state index is 0.0534. The number of carbonyl (C=O) groups excluding carboxylic acids is 1. The van der Waals surface area contributed by atoms with Crippen LogP contribution >= 0.6 is 0 Å². The van der Waals surface area contributed by atoms with Crippen molar-refractivity contribution in [3.8, 4) is 0 Å². The van der Waals surface area contributed by atoms with E-state index in [1.807, 2.05) is 45.1 Å². The number of hydrogen-bond acceptors (Lipinski definition) is 6. The number of hydrazine groups is 1. The summed E-state index contributed by atoms with van der Waals surface area (Å²) in [4.78, 5) is 30.7. The Morgan fingerprint density at radius 3 is 2.44 bits per heavy atom. The predicted octanol–water partition coefficient (Wildman–Crippen LogP) is 6.25. The normalized spacial score (nSPS) is 23.1. The molecule has 9 nitrogen and oxygen atoms in total. The number of nitrogens with zero attached hydrogens (tertiary/aromatic N) is 2. The van der Waals surface area contributed by atoms with E-state index in [4.69, 9.17) is 11.5 Å². The minimum Gasteiger partial charge on any atom is -0.385 e. The largest absolute Gasteiger partial charge is 0.385 e. The zero-order chi connectivity index (χ0) is 35.7. The zero-order valence-electron chi connectivity index (χ0n) is 31.1. The number of aromatic nitrogens is 2. The van der Waals surface area contributed by atoms with Crippen molar-refractivity contribution in [1.82, 2.24) is 25.3 Å². The van der Waals surface area contributed by atoms with Crippen molar-refractivity contribution in [1.29, 1.82) is 0 Å². The first-order valence-corrected chi connectivity index (χ1v) is 18.9. The van der Waals surface area contributed by atoms with Crippen molar-refractivity contribution in [3.63, 3.8) is 0 Å². The Morgan fingerprint density at radius 1 is 1.06 bits per heavy atom. The van der Waals surface area contributed by atoms with Gasteiger partial charge >= 0.3 is 0 Å². The standard InChI is InChI=1S/C41H59N7O2/c1-7-47(15-14-45-44-13-12-41-22-29-17-30(23-41)19-33(41)18-29)37(42)11-8-26(4)32-20-35(39(43)49)38-31(24-48(25(2)3)36(38)21-32)9-10-34-27(5)16-28(6)46-40(34)50/h8,11,16,20-21,24-25,29-30,33,44-45H,7,9-10,12-15,17-19,22-23,42H2,1-6H3,(H2,43,49)(H,46,50)/b26-8+,37-11+. The van der Waals surface area contributed by atoms with Crippen LogP contribution in [-0.4, -0.2) is 46.5 Å². The fourth-order valence-electron chi connectivity index (χ4n) is 9.89. The summed E-state index contributed by atoms with van der Waals surface area (Å²) in [5.41, 5.74) is 27.1. The van der Waals surface area contributed by atoms with Crippen molar-refractivity contribution in [3.05, 3.63) is 86.2 Å². The average molecular weight is 682 g/mol. The van der Waals surface area contributed by atoms with Crippen LogP contribution in [0.25, 0.3) is 16.5 Å². The van der Waals surface area contributed by atoms with E-state index in [2.05, 4.69) is 58.3 Å². The van der Waals surface area contributed by atoms with Crippen LogP contribution in [0, 0.1) is 37.0 Å². The maximum absolute atomic E-state index is 12.9. The number of primary amides is 1. The third-order valence-corrected chi connectivity index (χ3v) is 12.2. The Balaban J connectivity index is 1.12. The maximum atomic E-state index is 12.9. The van der Waals surface area contributed by atoms with Gasteiger partial charge in [-0.3, -0.25) is 20.4 Å². The van der Waals surface area contributed by atoms with Gasteiger partial charge in [0.25, 0.3) is 5.56 Å². The number of benzene rings is 1. The molecule has 4 bridgehead atoms. The van der Waals surface area contributed by atoms with E-state index in [1.165, 1.54) is 38.5 Å². The summed E-state index contributed by atoms with van der Waals surface area (Å²) >= 11 is 0. The molecule has 4 aliphatic rings. The molecule has 0 spiro atoms. The number of nitrogens with one attached hydrogen (secondary N) is 3.